The SMILES string of the molecule is Cc1ccc(C(N)C(=O)Nc2nc(C(C)(C)C)cs2)cc1. The van der Waals surface area contributed by atoms with E-state index in [-0.39, 0.29) is 11.3 Å². The van der Waals surface area contributed by atoms with Crippen molar-refractivity contribution in [3.05, 3.63) is 46.5 Å². The molecule has 1 amide bonds. The monoisotopic (exact) mass is 303 g/mol. The van der Waals surface area contributed by atoms with Crippen LogP contribution in [0.3, 0.4) is 0 Å². The van der Waals surface area contributed by atoms with Crippen molar-refractivity contribution in [2.75, 3.05) is 5.32 Å². The van der Waals surface area contributed by atoms with Crippen LogP contribution in [0.5, 0.6) is 0 Å². The normalized spacial score (nSPS) is 13.0. The Kier molecular flexibility index (Phi) is 4.44. The van der Waals surface area contributed by atoms with E-state index in [4.69, 9.17) is 5.73 Å². The Bertz CT molecular complexity index is 626. The number of aryl methyl sites for hydroxylation is 1. The first kappa shape index (κ1) is 15.7. The zero-order chi connectivity index (χ0) is 15.6. The van der Waals surface area contributed by atoms with Crippen LogP contribution in [0, 0.1) is 6.92 Å². The van der Waals surface area contributed by atoms with E-state index in [2.05, 4.69) is 31.1 Å². The minimum absolute atomic E-state index is 0.0292. The summed E-state index contributed by atoms with van der Waals surface area (Å²) in [4.78, 5) is 16.6. The van der Waals surface area contributed by atoms with Crippen LogP contribution < -0.4 is 11.1 Å². The number of amides is 1. The van der Waals surface area contributed by atoms with Gasteiger partial charge < -0.3 is 11.1 Å². The third kappa shape index (κ3) is 3.89. The Labute approximate surface area is 129 Å². The quantitative estimate of drug-likeness (QED) is 0.913. The molecule has 0 radical (unpaired) electrons. The summed E-state index contributed by atoms with van der Waals surface area (Å²) < 4.78 is 0. The van der Waals surface area contributed by atoms with Gasteiger partial charge in [-0.25, -0.2) is 4.98 Å². The number of nitrogens with zero attached hydrogens (tertiary/aromatic N) is 1. The van der Waals surface area contributed by atoms with E-state index >= 15 is 0 Å². The second kappa shape index (κ2) is 5.95. The van der Waals surface area contributed by atoms with E-state index in [0.717, 1.165) is 16.8 Å². The molecule has 0 aliphatic rings. The lowest BCUT2D eigenvalue weighted by Crippen LogP contribution is -2.27. The molecule has 1 aromatic heterocycles. The summed E-state index contributed by atoms with van der Waals surface area (Å²) in [5.74, 6) is -0.242. The molecule has 2 aromatic rings. The summed E-state index contributed by atoms with van der Waals surface area (Å²) in [5, 5.41) is 5.35. The number of anilines is 1. The molecule has 1 aromatic carbocycles. The van der Waals surface area contributed by atoms with E-state index < -0.39 is 6.04 Å². The summed E-state index contributed by atoms with van der Waals surface area (Å²) in [5.41, 5.74) is 8.87. The fraction of sp³-hybridized carbons (Fsp3) is 0.375. The van der Waals surface area contributed by atoms with Gasteiger partial charge in [-0.05, 0) is 12.5 Å². The van der Waals surface area contributed by atoms with Crippen molar-refractivity contribution in [1.29, 1.82) is 0 Å². The van der Waals surface area contributed by atoms with Crippen molar-refractivity contribution in [2.45, 2.75) is 39.2 Å². The van der Waals surface area contributed by atoms with E-state index in [1.165, 1.54) is 11.3 Å². The fourth-order valence-electron chi connectivity index (χ4n) is 1.78. The van der Waals surface area contributed by atoms with Crippen LogP contribution in [0.4, 0.5) is 5.13 Å². The van der Waals surface area contributed by atoms with Gasteiger partial charge in [-0.15, -0.1) is 11.3 Å². The Morgan fingerprint density at radius 2 is 1.90 bits per heavy atom. The lowest BCUT2D eigenvalue weighted by atomic mass is 9.93. The Hall–Kier alpha value is -1.72. The van der Waals surface area contributed by atoms with E-state index in [1.54, 1.807) is 0 Å². The van der Waals surface area contributed by atoms with Crippen LogP contribution in [0.2, 0.25) is 0 Å². The highest BCUT2D eigenvalue weighted by Gasteiger charge is 2.20. The van der Waals surface area contributed by atoms with Crippen LogP contribution >= 0.6 is 11.3 Å². The van der Waals surface area contributed by atoms with Crippen molar-refractivity contribution in [3.8, 4) is 0 Å². The average Bonchev–Trinajstić information content (AvgIpc) is 2.87. The lowest BCUT2D eigenvalue weighted by Gasteiger charge is -2.14. The molecule has 0 fully saturated rings. The molecule has 0 saturated carbocycles. The molecule has 1 unspecified atom stereocenters. The van der Waals surface area contributed by atoms with Crippen LogP contribution in [-0.4, -0.2) is 10.9 Å². The predicted molar refractivity (Wildman–Crippen MR) is 87.6 cm³/mol. The smallest absolute Gasteiger partial charge is 0.247 e. The minimum atomic E-state index is -0.687. The van der Waals surface area contributed by atoms with Crippen LogP contribution in [0.25, 0.3) is 0 Å². The van der Waals surface area contributed by atoms with E-state index in [0.29, 0.717) is 5.13 Å². The molecule has 1 heterocycles. The predicted octanol–water partition coefficient (Wildman–Crippen LogP) is 3.39. The maximum Gasteiger partial charge on any atom is 0.247 e. The summed E-state index contributed by atoms with van der Waals surface area (Å²) >= 11 is 1.42. The Morgan fingerprint density at radius 1 is 1.29 bits per heavy atom. The molecule has 0 spiro atoms. The molecule has 5 heteroatoms. The number of hydrogen-bond donors (Lipinski definition) is 2. The second-order valence-corrected chi connectivity index (χ2v) is 7.02. The van der Waals surface area contributed by atoms with Crippen molar-refractivity contribution in [1.82, 2.24) is 4.98 Å². The summed E-state index contributed by atoms with van der Waals surface area (Å²) in [6, 6.07) is 6.96. The molecular formula is C16H21N3OS. The number of carbonyl (C=O) groups excluding carboxylic acids is 1. The first-order valence-electron chi connectivity index (χ1n) is 6.86. The van der Waals surface area contributed by atoms with Crippen molar-refractivity contribution in [2.24, 2.45) is 5.73 Å². The minimum Gasteiger partial charge on any atom is -0.316 e. The maximum absolute atomic E-state index is 12.2. The summed E-state index contributed by atoms with van der Waals surface area (Å²) in [6.07, 6.45) is 0. The molecule has 1 atom stereocenters. The summed E-state index contributed by atoms with van der Waals surface area (Å²) in [6.45, 7) is 8.27. The zero-order valence-corrected chi connectivity index (χ0v) is 13.6. The van der Waals surface area contributed by atoms with E-state index in [9.17, 15) is 4.79 Å². The fourth-order valence-corrected chi connectivity index (χ4v) is 2.72. The first-order valence-corrected chi connectivity index (χ1v) is 7.74. The lowest BCUT2D eigenvalue weighted by molar-refractivity contribution is -0.117. The first-order chi connectivity index (χ1) is 9.77. The number of carbonyl (C=O) groups is 1. The molecule has 0 saturated heterocycles. The highest BCUT2D eigenvalue weighted by molar-refractivity contribution is 7.13. The van der Waals surface area contributed by atoms with Gasteiger partial charge in [-0.2, -0.15) is 0 Å². The molecule has 0 bridgehead atoms. The van der Waals surface area contributed by atoms with Gasteiger partial charge in [-0.3, -0.25) is 4.79 Å². The molecular weight excluding hydrogens is 282 g/mol. The topological polar surface area (TPSA) is 68.0 Å². The highest BCUT2D eigenvalue weighted by atomic mass is 32.1. The van der Waals surface area contributed by atoms with Gasteiger partial charge in [0.05, 0.1) is 5.69 Å². The number of hydrogen-bond acceptors (Lipinski definition) is 4. The van der Waals surface area contributed by atoms with Gasteiger partial charge in [-0.1, -0.05) is 50.6 Å². The second-order valence-electron chi connectivity index (χ2n) is 6.17. The highest BCUT2D eigenvalue weighted by Crippen LogP contribution is 2.26. The third-order valence-electron chi connectivity index (χ3n) is 3.22. The van der Waals surface area contributed by atoms with Gasteiger partial charge >= 0.3 is 0 Å². The molecule has 0 aliphatic carbocycles. The molecule has 2 rings (SSSR count). The van der Waals surface area contributed by atoms with Gasteiger partial charge in [0.25, 0.3) is 0 Å². The Morgan fingerprint density at radius 3 is 2.43 bits per heavy atom. The number of benzene rings is 1. The maximum atomic E-state index is 12.2. The molecule has 112 valence electrons. The van der Waals surface area contributed by atoms with Gasteiger partial charge in [0.15, 0.2) is 5.13 Å². The van der Waals surface area contributed by atoms with Gasteiger partial charge in [0.2, 0.25) is 5.91 Å². The number of thiazole rings is 1. The van der Waals surface area contributed by atoms with E-state index in [1.807, 2.05) is 36.6 Å². The van der Waals surface area contributed by atoms with Crippen molar-refractivity contribution in [3.63, 3.8) is 0 Å². The Balaban J connectivity index is 2.07. The van der Waals surface area contributed by atoms with Crippen molar-refractivity contribution < 1.29 is 4.79 Å². The van der Waals surface area contributed by atoms with Crippen LogP contribution in [0.15, 0.2) is 29.6 Å². The van der Waals surface area contributed by atoms with Crippen LogP contribution in [-0.2, 0) is 10.2 Å². The standard InChI is InChI=1S/C16H21N3OS/c1-10-5-7-11(8-6-10)13(17)14(20)19-15-18-12(9-21-15)16(2,3)4/h5-9,13H,17H2,1-4H3,(H,18,19,20). The molecule has 3 N–H and O–H groups in total. The number of rotatable bonds is 3. The number of aromatic nitrogens is 1. The average molecular weight is 303 g/mol. The van der Waals surface area contributed by atoms with Gasteiger partial charge in [0, 0.05) is 10.8 Å². The molecule has 21 heavy (non-hydrogen) atoms. The number of nitrogens with one attached hydrogen (secondary N) is 1. The van der Waals surface area contributed by atoms with Crippen molar-refractivity contribution >= 4 is 22.4 Å². The third-order valence-corrected chi connectivity index (χ3v) is 3.98. The largest absolute Gasteiger partial charge is 0.316 e. The summed E-state index contributed by atoms with van der Waals surface area (Å²) in [7, 11) is 0. The molecule has 0 aliphatic heterocycles. The molecule has 4 nitrogen and oxygen atoms in total. The number of nitrogens with two attached hydrogens (primary N) is 1. The van der Waals surface area contributed by atoms with Gasteiger partial charge in [0.1, 0.15) is 6.04 Å². The van der Waals surface area contributed by atoms with Crippen LogP contribution in [0.1, 0.15) is 43.6 Å². The zero-order valence-electron chi connectivity index (χ0n) is 12.8.